The Bertz CT molecular complexity index is 415. The lowest BCUT2D eigenvalue weighted by Crippen LogP contribution is -2.51. The Morgan fingerprint density at radius 3 is 2.42 bits per heavy atom. The highest BCUT2D eigenvalue weighted by Gasteiger charge is 2.63. The fraction of sp³-hybridized carbons (Fsp3) is 0.545. The maximum absolute atomic E-state index is 12.8. The van der Waals surface area contributed by atoms with Gasteiger partial charge < -0.3 is 5.32 Å². The molecular weight excluding hydrogens is 289 g/mol. The van der Waals surface area contributed by atoms with E-state index in [-0.39, 0.29) is 0 Å². The van der Waals surface area contributed by atoms with Crippen molar-refractivity contribution in [3.05, 3.63) is 22.4 Å². The monoisotopic (exact) mass is 301 g/mol. The highest BCUT2D eigenvalue weighted by atomic mass is 32.1. The van der Waals surface area contributed by atoms with E-state index in [1.807, 2.05) is 0 Å². The number of nitrogens with one attached hydrogen (secondary N) is 1. The summed E-state index contributed by atoms with van der Waals surface area (Å²) in [5.74, 6) is -7.69. The number of halogens is 5. The molecule has 0 fully saturated rings. The zero-order valence-electron chi connectivity index (χ0n) is 9.93. The fourth-order valence-corrected chi connectivity index (χ4v) is 2.25. The summed E-state index contributed by atoms with van der Waals surface area (Å²) in [5, 5.41) is 3.43. The lowest BCUT2D eigenvalue weighted by molar-refractivity contribution is -0.270. The average molecular weight is 301 g/mol. The quantitative estimate of drug-likeness (QED) is 0.821. The highest BCUT2D eigenvalue weighted by molar-refractivity contribution is 7.10. The van der Waals surface area contributed by atoms with Gasteiger partial charge in [-0.15, -0.1) is 11.3 Å². The van der Waals surface area contributed by atoms with E-state index < -0.39 is 24.0 Å². The van der Waals surface area contributed by atoms with Gasteiger partial charge in [-0.2, -0.15) is 22.0 Å². The number of hydrogen-bond acceptors (Lipinski definition) is 2. The second kappa shape index (κ2) is 5.85. The van der Waals surface area contributed by atoms with Gasteiger partial charge in [-0.1, -0.05) is 19.4 Å². The molecule has 108 valence electrons. The van der Waals surface area contributed by atoms with Crippen LogP contribution in [-0.4, -0.2) is 18.0 Å². The standard InChI is InChI=1S/C11H12F5NOS/c1-2-4-7(8-5-3-6-19-8)17-9(18)10(12,13)11(14,15)16/h3,5-7H,2,4H2,1H3,(H,17,18). The summed E-state index contributed by atoms with van der Waals surface area (Å²) in [7, 11) is 0. The van der Waals surface area contributed by atoms with E-state index in [0.29, 0.717) is 17.7 Å². The first kappa shape index (κ1) is 15.9. The first-order valence-corrected chi connectivity index (χ1v) is 6.37. The summed E-state index contributed by atoms with van der Waals surface area (Å²) in [5.41, 5.74) is 0. The topological polar surface area (TPSA) is 29.1 Å². The van der Waals surface area contributed by atoms with E-state index >= 15 is 0 Å². The van der Waals surface area contributed by atoms with Crippen molar-refractivity contribution < 1.29 is 26.7 Å². The lowest BCUT2D eigenvalue weighted by atomic mass is 10.1. The van der Waals surface area contributed by atoms with Crippen LogP contribution in [0.1, 0.15) is 30.7 Å². The van der Waals surface area contributed by atoms with Crippen LogP contribution in [-0.2, 0) is 4.79 Å². The van der Waals surface area contributed by atoms with Crippen LogP contribution >= 0.6 is 11.3 Å². The van der Waals surface area contributed by atoms with Crippen molar-refractivity contribution in [1.82, 2.24) is 5.32 Å². The molecule has 0 aliphatic heterocycles. The summed E-state index contributed by atoms with van der Waals surface area (Å²) in [4.78, 5) is 11.7. The summed E-state index contributed by atoms with van der Waals surface area (Å²) < 4.78 is 61.8. The molecule has 1 amide bonds. The zero-order valence-corrected chi connectivity index (χ0v) is 10.7. The third-order valence-corrected chi connectivity index (χ3v) is 3.40. The van der Waals surface area contributed by atoms with Crippen molar-refractivity contribution in [2.75, 3.05) is 0 Å². The molecular formula is C11H12F5NOS. The minimum atomic E-state index is -5.89. The van der Waals surface area contributed by atoms with Gasteiger partial charge >= 0.3 is 18.0 Å². The molecule has 1 aromatic rings. The van der Waals surface area contributed by atoms with Crippen molar-refractivity contribution in [3.8, 4) is 0 Å². The molecule has 1 heterocycles. The SMILES string of the molecule is CCCC(NC(=O)C(F)(F)C(F)(F)F)c1cccs1. The van der Waals surface area contributed by atoms with Crippen LogP contribution in [0.15, 0.2) is 17.5 Å². The number of hydrogen-bond donors (Lipinski definition) is 1. The molecule has 0 aromatic carbocycles. The van der Waals surface area contributed by atoms with E-state index in [9.17, 15) is 26.7 Å². The van der Waals surface area contributed by atoms with Crippen LogP contribution in [0.5, 0.6) is 0 Å². The molecule has 2 nitrogen and oxygen atoms in total. The summed E-state index contributed by atoms with van der Waals surface area (Å²) >= 11 is 1.19. The largest absolute Gasteiger partial charge is 0.463 e. The van der Waals surface area contributed by atoms with Crippen molar-refractivity contribution in [2.24, 2.45) is 0 Å². The maximum Gasteiger partial charge on any atom is 0.463 e. The van der Waals surface area contributed by atoms with Crippen LogP contribution in [0.3, 0.4) is 0 Å². The first-order chi connectivity index (χ1) is 8.70. The van der Waals surface area contributed by atoms with E-state index in [4.69, 9.17) is 0 Å². The second-order valence-electron chi connectivity index (χ2n) is 3.90. The van der Waals surface area contributed by atoms with Crippen LogP contribution in [0.2, 0.25) is 0 Å². The molecule has 0 bridgehead atoms. The smallest absolute Gasteiger partial charge is 0.343 e. The Morgan fingerprint density at radius 1 is 1.37 bits per heavy atom. The van der Waals surface area contributed by atoms with E-state index in [1.54, 1.807) is 29.8 Å². The molecule has 0 aliphatic carbocycles. The number of carbonyl (C=O) groups excluding carboxylic acids is 1. The van der Waals surface area contributed by atoms with Crippen LogP contribution in [0, 0.1) is 0 Å². The molecule has 1 atom stereocenters. The molecule has 0 aliphatic rings. The number of amides is 1. The molecule has 0 saturated heterocycles. The summed E-state index contributed by atoms with van der Waals surface area (Å²) in [6.07, 6.45) is -5.05. The lowest BCUT2D eigenvalue weighted by Gasteiger charge is -2.22. The number of alkyl halides is 5. The number of rotatable bonds is 5. The van der Waals surface area contributed by atoms with Crippen molar-refractivity contribution in [3.63, 3.8) is 0 Å². The summed E-state index contributed by atoms with van der Waals surface area (Å²) in [6.45, 7) is 1.74. The normalized spacial score (nSPS) is 14.2. The summed E-state index contributed by atoms with van der Waals surface area (Å²) in [6, 6.07) is 2.39. The van der Waals surface area contributed by atoms with Crippen molar-refractivity contribution in [2.45, 2.75) is 37.9 Å². The van der Waals surface area contributed by atoms with Gasteiger partial charge in [-0.05, 0) is 17.9 Å². The second-order valence-corrected chi connectivity index (χ2v) is 4.88. The van der Waals surface area contributed by atoms with Crippen molar-refractivity contribution in [1.29, 1.82) is 0 Å². The van der Waals surface area contributed by atoms with Gasteiger partial charge in [-0.3, -0.25) is 4.79 Å². The first-order valence-electron chi connectivity index (χ1n) is 5.49. The molecule has 0 saturated carbocycles. The third-order valence-electron chi connectivity index (χ3n) is 2.41. The Hall–Kier alpha value is -1.18. The Labute approximate surface area is 110 Å². The van der Waals surface area contributed by atoms with E-state index in [2.05, 4.69) is 0 Å². The van der Waals surface area contributed by atoms with E-state index in [1.165, 1.54) is 11.3 Å². The zero-order chi connectivity index (χ0) is 14.7. The number of thiophene rings is 1. The van der Waals surface area contributed by atoms with Gasteiger partial charge in [0.25, 0.3) is 0 Å². The van der Waals surface area contributed by atoms with Gasteiger partial charge in [0.2, 0.25) is 0 Å². The van der Waals surface area contributed by atoms with Crippen LogP contribution < -0.4 is 5.32 Å². The fourth-order valence-electron chi connectivity index (χ4n) is 1.44. The van der Waals surface area contributed by atoms with Crippen LogP contribution in [0.25, 0.3) is 0 Å². The average Bonchev–Trinajstić information content (AvgIpc) is 2.79. The van der Waals surface area contributed by atoms with Gasteiger partial charge in [0.15, 0.2) is 0 Å². The number of carbonyl (C=O) groups is 1. The molecule has 0 spiro atoms. The van der Waals surface area contributed by atoms with Gasteiger partial charge in [-0.25, -0.2) is 0 Å². The maximum atomic E-state index is 12.8. The molecule has 1 unspecified atom stereocenters. The molecule has 1 aromatic heterocycles. The van der Waals surface area contributed by atoms with Crippen LogP contribution in [0.4, 0.5) is 22.0 Å². The van der Waals surface area contributed by atoms with Gasteiger partial charge in [0, 0.05) is 4.88 Å². The Kier molecular flexibility index (Phi) is 4.89. The van der Waals surface area contributed by atoms with Gasteiger partial charge in [0.05, 0.1) is 6.04 Å². The molecule has 19 heavy (non-hydrogen) atoms. The highest BCUT2D eigenvalue weighted by Crippen LogP contribution is 2.36. The Balaban J connectivity index is 2.83. The van der Waals surface area contributed by atoms with Gasteiger partial charge in [0.1, 0.15) is 0 Å². The van der Waals surface area contributed by atoms with E-state index in [0.717, 1.165) is 0 Å². The molecule has 0 radical (unpaired) electrons. The minimum absolute atomic E-state index is 0.292. The Morgan fingerprint density at radius 2 is 2.00 bits per heavy atom. The minimum Gasteiger partial charge on any atom is -0.343 e. The molecule has 1 rings (SSSR count). The third kappa shape index (κ3) is 3.65. The predicted octanol–water partition coefficient (Wildman–Crippen LogP) is 3.90. The van der Waals surface area contributed by atoms with Crippen molar-refractivity contribution >= 4 is 17.2 Å². The predicted molar refractivity (Wildman–Crippen MR) is 61.1 cm³/mol. The molecule has 1 N–H and O–H groups in total. The molecule has 8 heteroatoms.